The fraction of sp³-hybridized carbons (Fsp3) is 0.286. The molecule has 2 heterocycles. The summed E-state index contributed by atoms with van der Waals surface area (Å²) in [7, 11) is 0. The van der Waals surface area contributed by atoms with Gasteiger partial charge in [-0.25, -0.2) is 0 Å². The lowest BCUT2D eigenvalue weighted by molar-refractivity contribution is -0.116. The van der Waals surface area contributed by atoms with Crippen LogP contribution in [0.4, 0.5) is 5.69 Å². The second kappa shape index (κ2) is 7.97. The number of para-hydroxylation sites is 1. The zero-order valence-electron chi connectivity index (χ0n) is 15.8. The van der Waals surface area contributed by atoms with E-state index in [9.17, 15) is 4.79 Å². The number of nitrogens with zero attached hydrogens (tertiary/aromatic N) is 4. The maximum atomic E-state index is 13.0. The van der Waals surface area contributed by atoms with Crippen molar-refractivity contribution in [2.45, 2.75) is 37.9 Å². The van der Waals surface area contributed by atoms with Gasteiger partial charge in [0, 0.05) is 16.8 Å². The van der Waals surface area contributed by atoms with Crippen LogP contribution in [-0.2, 0) is 11.2 Å². The highest BCUT2D eigenvalue weighted by atomic mass is 35.5. The number of aryl methyl sites for hydroxylation is 2. The van der Waals surface area contributed by atoms with Gasteiger partial charge in [0.15, 0.2) is 5.16 Å². The van der Waals surface area contributed by atoms with Crippen LogP contribution in [0.5, 0.6) is 0 Å². The Morgan fingerprint density at radius 1 is 1.29 bits per heavy atom. The van der Waals surface area contributed by atoms with E-state index in [-0.39, 0.29) is 11.9 Å². The molecule has 5 nitrogen and oxygen atoms in total. The van der Waals surface area contributed by atoms with Crippen LogP contribution < -0.4 is 4.90 Å². The lowest BCUT2D eigenvalue weighted by atomic mass is 9.97. The standard InChI is InChI=1S/C21H21ClN4OS/c1-14-7-10-17(11-18(14)22)25-13-23-24-21(25)28-12-20(27)26-15(2)8-9-16-5-3-4-6-19(16)26/h3-7,10-11,13,15H,8-9,12H2,1-2H3. The molecule has 1 aromatic heterocycles. The van der Waals surface area contributed by atoms with Gasteiger partial charge in [-0.05, 0) is 56.0 Å². The number of fused-ring (bicyclic) bond motifs is 1. The Morgan fingerprint density at radius 2 is 2.11 bits per heavy atom. The summed E-state index contributed by atoms with van der Waals surface area (Å²) in [5.74, 6) is 0.387. The smallest absolute Gasteiger partial charge is 0.237 e. The minimum atomic E-state index is 0.0844. The summed E-state index contributed by atoms with van der Waals surface area (Å²) in [4.78, 5) is 15.0. The predicted octanol–water partition coefficient (Wildman–Crippen LogP) is 4.69. The van der Waals surface area contributed by atoms with Crippen LogP contribution in [0.1, 0.15) is 24.5 Å². The van der Waals surface area contributed by atoms with E-state index in [1.165, 1.54) is 17.3 Å². The van der Waals surface area contributed by atoms with Crippen molar-refractivity contribution < 1.29 is 4.79 Å². The van der Waals surface area contributed by atoms with Crippen LogP contribution >= 0.6 is 23.4 Å². The van der Waals surface area contributed by atoms with Crippen molar-refractivity contribution in [3.05, 3.63) is 64.9 Å². The number of halogens is 1. The molecule has 1 aliphatic heterocycles. The zero-order valence-corrected chi connectivity index (χ0v) is 17.4. The molecule has 7 heteroatoms. The number of carbonyl (C=O) groups is 1. The maximum absolute atomic E-state index is 13.0. The third-order valence-corrected chi connectivity index (χ3v) is 6.40. The minimum Gasteiger partial charge on any atom is -0.309 e. The van der Waals surface area contributed by atoms with Crippen molar-refractivity contribution >= 4 is 35.0 Å². The molecular formula is C21H21ClN4OS. The number of thioether (sulfide) groups is 1. The number of rotatable bonds is 4. The molecule has 28 heavy (non-hydrogen) atoms. The highest BCUT2D eigenvalue weighted by molar-refractivity contribution is 7.99. The zero-order chi connectivity index (χ0) is 19.7. The van der Waals surface area contributed by atoms with E-state index in [0.29, 0.717) is 15.9 Å². The van der Waals surface area contributed by atoms with Crippen molar-refractivity contribution in [1.29, 1.82) is 0 Å². The first-order valence-electron chi connectivity index (χ1n) is 9.24. The van der Waals surface area contributed by atoms with Gasteiger partial charge in [0.2, 0.25) is 5.91 Å². The number of amides is 1. The van der Waals surface area contributed by atoms with E-state index in [0.717, 1.165) is 29.8 Å². The lowest BCUT2D eigenvalue weighted by Crippen LogP contribution is -2.43. The topological polar surface area (TPSA) is 51.0 Å². The van der Waals surface area contributed by atoms with E-state index in [1.807, 2.05) is 52.8 Å². The molecular weight excluding hydrogens is 392 g/mol. The van der Waals surface area contributed by atoms with Gasteiger partial charge in [-0.1, -0.05) is 47.6 Å². The van der Waals surface area contributed by atoms with Gasteiger partial charge in [-0.15, -0.1) is 10.2 Å². The van der Waals surface area contributed by atoms with Crippen LogP contribution in [0, 0.1) is 6.92 Å². The molecule has 0 saturated heterocycles. The summed E-state index contributed by atoms with van der Waals surface area (Å²) in [6, 6.07) is 14.2. The van der Waals surface area contributed by atoms with Gasteiger partial charge >= 0.3 is 0 Å². The molecule has 0 radical (unpaired) electrons. The third kappa shape index (κ3) is 3.66. The first kappa shape index (κ1) is 19.0. The monoisotopic (exact) mass is 412 g/mol. The Bertz CT molecular complexity index is 1020. The lowest BCUT2D eigenvalue weighted by Gasteiger charge is -2.35. The van der Waals surface area contributed by atoms with Gasteiger partial charge in [0.1, 0.15) is 6.33 Å². The van der Waals surface area contributed by atoms with Gasteiger partial charge in [-0.3, -0.25) is 9.36 Å². The van der Waals surface area contributed by atoms with E-state index in [1.54, 1.807) is 6.33 Å². The Balaban J connectivity index is 1.52. The second-order valence-corrected chi connectivity index (χ2v) is 8.34. The first-order valence-corrected chi connectivity index (χ1v) is 10.6. The molecule has 3 aromatic rings. The number of hydrogen-bond donors (Lipinski definition) is 0. The summed E-state index contributed by atoms with van der Waals surface area (Å²) in [6.07, 6.45) is 3.63. The van der Waals surface area contributed by atoms with Crippen LogP contribution in [0.15, 0.2) is 53.9 Å². The number of carbonyl (C=O) groups excluding carboxylic acids is 1. The second-order valence-electron chi connectivity index (χ2n) is 6.99. The maximum Gasteiger partial charge on any atom is 0.237 e. The predicted molar refractivity (Wildman–Crippen MR) is 114 cm³/mol. The summed E-state index contributed by atoms with van der Waals surface area (Å²) >= 11 is 7.65. The fourth-order valence-corrected chi connectivity index (χ4v) is 4.46. The molecule has 0 fully saturated rings. The van der Waals surface area contributed by atoms with Crippen LogP contribution in [0.2, 0.25) is 5.02 Å². The van der Waals surface area contributed by atoms with E-state index < -0.39 is 0 Å². The van der Waals surface area contributed by atoms with Gasteiger partial charge in [-0.2, -0.15) is 0 Å². The number of hydrogen-bond acceptors (Lipinski definition) is 4. The van der Waals surface area contributed by atoms with E-state index >= 15 is 0 Å². The van der Waals surface area contributed by atoms with E-state index in [2.05, 4.69) is 23.2 Å². The molecule has 1 aliphatic rings. The van der Waals surface area contributed by atoms with Crippen molar-refractivity contribution in [1.82, 2.24) is 14.8 Å². The summed E-state index contributed by atoms with van der Waals surface area (Å²) in [5.41, 5.74) is 4.16. The van der Waals surface area contributed by atoms with Gasteiger partial charge in [0.05, 0.1) is 11.4 Å². The average Bonchev–Trinajstić information content (AvgIpc) is 3.17. The average molecular weight is 413 g/mol. The Hall–Kier alpha value is -2.31. The molecule has 2 aromatic carbocycles. The Kier molecular flexibility index (Phi) is 5.42. The van der Waals surface area contributed by atoms with E-state index in [4.69, 9.17) is 11.6 Å². The molecule has 0 bridgehead atoms. The van der Waals surface area contributed by atoms with Crippen molar-refractivity contribution in [2.75, 3.05) is 10.7 Å². The third-order valence-electron chi connectivity index (χ3n) is 5.07. The SMILES string of the molecule is Cc1ccc(-n2cnnc2SCC(=O)N2c3ccccc3CCC2C)cc1Cl. The molecule has 0 spiro atoms. The van der Waals surface area contributed by atoms with Crippen molar-refractivity contribution in [3.8, 4) is 5.69 Å². The summed E-state index contributed by atoms with van der Waals surface area (Å²) in [5, 5.41) is 9.57. The van der Waals surface area contributed by atoms with Crippen LogP contribution in [-0.4, -0.2) is 32.5 Å². The van der Waals surface area contributed by atoms with Crippen molar-refractivity contribution in [3.63, 3.8) is 0 Å². The summed E-state index contributed by atoms with van der Waals surface area (Å²) < 4.78 is 1.86. The molecule has 0 aliphatic carbocycles. The highest BCUT2D eigenvalue weighted by Crippen LogP contribution is 2.32. The Morgan fingerprint density at radius 3 is 2.93 bits per heavy atom. The first-order chi connectivity index (χ1) is 13.5. The van der Waals surface area contributed by atoms with Gasteiger partial charge in [0.25, 0.3) is 0 Å². The quantitative estimate of drug-likeness (QED) is 0.583. The largest absolute Gasteiger partial charge is 0.309 e. The fourth-order valence-electron chi connectivity index (χ4n) is 3.50. The summed E-state index contributed by atoms with van der Waals surface area (Å²) in [6.45, 7) is 4.07. The molecule has 4 rings (SSSR count). The van der Waals surface area contributed by atoms with Crippen LogP contribution in [0.25, 0.3) is 5.69 Å². The molecule has 0 N–H and O–H groups in total. The molecule has 144 valence electrons. The molecule has 1 amide bonds. The van der Waals surface area contributed by atoms with Crippen LogP contribution in [0.3, 0.4) is 0 Å². The molecule has 0 saturated carbocycles. The molecule has 1 unspecified atom stereocenters. The van der Waals surface area contributed by atoms with Crippen molar-refractivity contribution in [2.24, 2.45) is 0 Å². The number of benzene rings is 2. The minimum absolute atomic E-state index is 0.0844. The highest BCUT2D eigenvalue weighted by Gasteiger charge is 2.28. The normalized spacial score (nSPS) is 16.1. The van der Waals surface area contributed by atoms with Gasteiger partial charge < -0.3 is 4.90 Å². The number of anilines is 1. The number of aromatic nitrogens is 3. The Labute approximate surface area is 173 Å². The molecule has 1 atom stereocenters.